The number of aromatic amines is 1. The summed E-state index contributed by atoms with van der Waals surface area (Å²) in [6.07, 6.45) is 0. The molecule has 1 aliphatic heterocycles. The summed E-state index contributed by atoms with van der Waals surface area (Å²) in [6.45, 7) is 7.05. The fourth-order valence-electron chi connectivity index (χ4n) is 3.31. The molecule has 0 atom stereocenters. The normalized spacial score (nSPS) is 14.7. The van der Waals surface area contributed by atoms with Crippen molar-refractivity contribution in [3.63, 3.8) is 0 Å². The highest BCUT2D eigenvalue weighted by Gasteiger charge is 2.24. The van der Waals surface area contributed by atoms with Crippen LogP contribution in [0, 0.1) is 13.8 Å². The van der Waals surface area contributed by atoms with Crippen LogP contribution < -0.4 is 4.90 Å². The number of benzene rings is 1. The second-order valence-electron chi connectivity index (χ2n) is 6.71. The van der Waals surface area contributed by atoms with Crippen LogP contribution in [0.15, 0.2) is 41.8 Å². The molecule has 2 aromatic heterocycles. The van der Waals surface area contributed by atoms with Crippen molar-refractivity contribution in [3.8, 4) is 10.6 Å². The van der Waals surface area contributed by atoms with Gasteiger partial charge in [0.1, 0.15) is 0 Å². The lowest BCUT2D eigenvalue weighted by Crippen LogP contribution is -2.49. The number of H-pyrrole nitrogens is 1. The molecular weight excluding hydrogens is 344 g/mol. The minimum absolute atomic E-state index is 0.132. The Morgan fingerprint density at radius 3 is 2.65 bits per heavy atom. The summed E-state index contributed by atoms with van der Waals surface area (Å²) in [5.41, 5.74) is 4.02. The average molecular weight is 366 g/mol. The van der Waals surface area contributed by atoms with E-state index in [0.29, 0.717) is 13.1 Å². The van der Waals surface area contributed by atoms with E-state index in [1.54, 1.807) is 11.3 Å². The van der Waals surface area contributed by atoms with Crippen LogP contribution >= 0.6 is 11.3 Å². The number of aromatic nitrogens is 2. The Hall–Kier alpha value is -2.60. The van der Waals surface area contributed by atoms with Crippen molar-refractivity contribution in [3.05, 3.63) is 58.5 Å². The number of nitrogens with zero attached hydrogens (tertiary/aromatic N) is 3. The zero-order chi connectivity index (χ0) is 18.1. The van der Waals surface area contributed by atoms with Crippen molar-refractivity contribution in [1.29, 1.82) is 0 Å². The largest absolute Gasteiger partial charge is 0.352 e. The number of carbonyl (C=O) groups excluding carboxylic acids is 1. The van der Waals surface area contributed by atoms with Gasteiger partial charge in [-0.15, -0.1) is 11.3 Å². The summed E-state index contributed by atoms with van der Waals surface area (Å²) >= 11 is 1.70. The van der Waals surface area contributed by atoms with Gasteiger partial charge in [0, 0.05) is 37.8 Å². The van der Waals surface area contributed by atoms with Gasteiger partial charge >= 0.3 is 0 Å². The first-order valence-corrected chi connectivity index (χ1v) is 9.70. The van der Waals surface area contributed by atoms with E-state index in [-0.39, 0.29) is 5.91 Å². The van der Waals surface area contributed by atoms with Crippen LogP contribution in [0.4, 0.5) is 5.82 Å². The number of hydrogen-bond acceptors (Lipinski definition) is 4. The number of aryl methyl sites for hydroxylation is 2. The molecule has 0 saturated carbocycles. The zero-order valence-corrected chi connectivity index (χ0v) is 15.8. The SMILES string of the molecule is Cc1ccc(C)c(C(=O)N2CCN(c3cc(-c4cccs4)[nH]n3)CC2)c1. The summed E-state index contributed by atoms with van der Waals surface area (Å²) in [7, 11) is 0. The molecule has 1 aromatic carbocycles. The molecule has 26 heavy (non-hydrogen) atoms. The van der Waals surface area contributed by atoms with Gasteiger partial charge in [-0.2, -0.15) is 5.10 Å². The number of thiophene rings is 1. The third-order valence-corrected chi connectivity index (χ3v) is 5.77. The monoisotopic (exact) mass is 366 g/mol. The van der Waals surface area contributed by atoms with E-state index in [1.165, 1.54) is 4.88 Å². The molecule has 1 N–H and O–H groups in total. The van der Waals surface area contributed by atoms with E-state index in [0.717, 1.165) is 41.3 Å². The van der Waals surface area contributed by atoms with E-state index >= 15 is 0 Å². The number of carbonyl (C=O) groups is 1. The smallest absolute Gasteiger partial charge is 0.254 e. The lowest BCUT2D eigenvalue weighted by atomic mass is 10.0. The summed E-state index contributed by atoms with van der Waals surface area (Å²) in [5, 5.41) is 9.63. The molecular formula is C20H22N4OS. The first-order valence-electron chi connectivity index (χ1n) is 8.82. The summed E-state index contributed by atoms with van der Waals surface area (Å²) in [4.78, 5) is 18.2. The molecule has 6 heteroatoms. The number of piperazine rings is 1. The van der Waals surface area contributed by atoms with Crippen molar-refractivity contribution in [2.45, 2.75) is 13.8 Å². The van der Waals surface area contributed by atoms with E-state index in [1.807, 2.05) is 43.0 Å². The van der Waals surface area contributed by atoms with Gasteiger partial charge in [-0.1, -0.05) is 23.8 Å². The van der Waals surface area contributed by atoms with Crippen LogP contribution in [0.25, 0.3) is 10.6 Å². The van der Waals surface area contributed by atoms with Crippen LogP contribution in [-0.2, 0) is 0 Å². The fourth-order valence-corrected chi connectivity index (χ4v) is 4.00. The maximum absolute atomic E-state index is 12.9. The van der Waals surface area contributed by atoms with Crippen molar-refractivity contribution in [2.75, 3.05) is 31.1 Å². The minimum atomic E-state index is 0.132. The highest BCUT2D eigenvalue weighted by Crippen LogP contribution is 2.26. The highest BCUT2D eigenvalue weighted by molar-refractivity contribution is 7.13. The predicted molar refractivity (Wildman–Crippen MR) is 106 cm³/mol. The van der Waals surface area contributed by atoms with E-state index in [2.05, 4.69) is 32.6 Å². The molecule has 134 valence electrons. The summed E-state index contributed by atoms with van der Waals surface area (Å²) < 4.78 is 0. The Kier molecular flexibility index (Phi) is 4.51. The van der Waals surface area contributed by atoms with Gasteiger partial charge in [0.05, 0.1) is 10.6 Å². The Labute approximate surface area is 157 Å². The molecule has 4 rings (SSSR count). The van der Waals surface area contributed by atoms with Crippen molar-refractivity contribution < 1.29 is 4.79 Å². The summed E-state index contributed by atoms with van der Waals surface area (Å²) in [5.74, 6) is 1.08. The molecule has 5 nitrogen and oxygen atoms in total. The molecule has 0 unspecified atom stereocenters. The maximum Gasteiger partial charge on any atom is 0.254 e. The molecule has 3 heterocycles. The quantitative estimate of drug-likeness (QED) is 0.769. The Morgan fingerprint density at radius 1 is 1.12 bits per heavy atom. The van der Waals surface area contributed by atoms with Crippen LogP contribution in [0.2, 0.25) is 0 Å². The van der Waals surface area contributed by atoms with Gasteiger partial charge in [0.15, 0.2) is 5.82 Å². The lowest BCUT2D eigenvalue weighted by Gasteiger charge is -2.35. The first kappa shape index (κ1) is 16.8. The van der Waals surface area contributed by atoms with Gasteiger partial charge in [-0.25, -0.2) is 0 Å². The second-order valence-corrected chi connectivity index (χ2v) is 7.66. The Morgan fingerprint density at radius 2 is 1.92 bits per heavy atom. The number of nitrogens with one attached hydrogen (secondary N) is 1. The maximum atomic E-state index is 12.9. The molecule has 0 spiro atoms. The van der Waals surface area contributed by atoms with Crippen LogP contribution in [-0.4, -0.2) is 47.2 Å². The number of anilines is 1. The molecule has 1 fully saturated rings. The molecule has 1 aliphatic rings. The molecule has 0 aliphatic carbocycles. The number of rotatable bonds is 3. The standard InChI is InChI=1S/C20H22N4OS/c1-14-5-6-15(2)16(12-14)20(25)24-9-7-23(8-10-24)19-13-17(21-22-19)18-4-3-11-26-18/h3-6,11-13H,7-10H2,1-2H3,(H,21,22). The van der Waals surface area contributed by atoms with Crippen LogP contribution in [0.3, 0.4) is 0 Å². The van der Waals surface area contributed by atoms with Gasteiger partial charge in [-0.05, 0) is 36.9 Å². The van der Waals surface area contributed by atoms with E-state index in [4.69, 9.17) is 0 Å². The minimum Gasteiger partial charge on any atom is -0.352 e. The predicted octanol–water partition coefficient (Wildman–Crippen LogP) is 3.72. The Balaban J connectivity index is 1.43. The van der Waals surface area contributed by atoms with Crippen LogP contribution in [0.5, 0.6) is 0 Å². The van der Waals surface area contributed by atoms with Crippen molar-refractivity contribution >= 4 is 23.1 Å². The molecule has 0 radical (unpaired) electrons. The number of amides is 1. The third kappa shape index (κ3) is 3.24. The topological polar surface area (TPSA) is 52.2 Å². The average Bonchev–Trinajstić information content (AvgIpc) is 3.35. The molecule has 1 saturated heterocycles. The highest BCUT2D eigenvalue weighted by atomic mass is 32.1. The van der Waals surface area contributed by atoms with Crippen molar-refractivity contribution in [2.24, 2.45) is 0 Å². The van der Waals surface area contributed by atoms with Gasteiger partial charge in [0.25, 0.3) is 5.91 Å². The molecule has 3 aromatic rings. The zero-order valence-electron chi connectivity index (χ0n) is 15.0. The van der Waals surface area contributed by atoms with Gasteiger partial charge in [-0.3, -0.25) is 9.89 Å². The molecule has 1 amide bonds. The third-order valence-electron chi connectivity index (χ3n) is 4.87. The second kappa shape index (κ2) is 6.96. The Bertz CT molecular complexity index is 908. The lowest BCUT2D eigenvalue weighted by molar-refractivity contribution is 0.0745. The molecule has 0 bridgehead atoms. The van der Waals surface area contributed by atoms with E-state index in [9.17, 15) is 4.79 Å². The van der Waals surface area contributed by atoms with Gasteiger partial charge < -0.3 is 9.80 Å². The first-order chi connectivity index (χ1) is 12.6. The van der Waals surface area contributed by atoms with Crippen LogP contribution in [0.1, 0.15) is 21.5 Å². The fraction of sp³-hybridized carbons (Fsp3) is 0.300. The van der Waals surface area contributed by atoms with Gasteiger partial charge in [0.2, 0.25) is 0 Å². The summed E-state index contributed by atoms with van der Waals surface area (Å²) in [6, 6.07) is 12.3. The van der Waals surface area contributed by atoms with Crippen molar-refractivity contribution in [1.82, 2.24) is 15.1 Å². The van der Waals surface area contributed by atoms with E-state index < -0.39 is 0 Å². The number of hydrogen-bond donors (Lipinski definition) is 1.